The van der Waals surface area contributed by atoms with E-state index in [2.05, 4.69) is 0 Å². The maximum Gasteiger partial charge on any atom is 0.295 e. The smallest absolute Gasteiger partial charge is 0.295 e. The molecule has 4 rings (SSSR count). The van der Waals surface area contributed by atoms with Crippen LogP contribution in [0.4, 0.5) is 4.39 Å². The van der Waals surface area contributed by atoms with E-state index in [0.717, 1.165) is 0 Å². The van der Waals surface area contributed by atoms with E-state index >= 15 is 0 Å². The number of ketones is 1. The molecule has 0 spiro atoms. The largest absolute Gasteiger partial charge is 0.507 e. The number of methoxy groups -OCH3 is 1. The van der Waals surface area contributed by atoms with Crippen LogP contribution < -0.4 is 9.47 Å². The highest BCUT2D eigenvalue weighted by Gasteiger charge is 2.46. The van der Waals surface area contributed by atoms with Crippen molar-refractivity contribution in [1.82, 2.24) is 4.90 Å². The van der Waals surface area contributed by atoms with Gasteiger partial charge in [0.05, 0.1) is 11.6 Å². The van der Waals surface area contributed by atoms with Crippen LogP contribution in [0, 0.1) is 5.82 Å². The van der Waals surface area contributed by atoms with Gasteiger partial charge in [-0.05, 0) is 30.7 Å². The molecule has 2 aromatic carbocycles. The molecule has 0 unspecified atom stereocenters. The van der Waals surface area contributed by atoms with Crippen LogP contribution in [0.5, 0.6) is 11.5 Å². The maximum atomic E-state index is 14.7. The second-order valence-electron chi connectivity index (χ2n) is 7.22. The van der Waals surface area contributed by atoms with Gasteiger partial charge in [-0.25, -0.2) is 4.39 Å². The molecule has 2 aromatic rings. The number of nitrogens with zero attached hydrogens (tertiary/aromatic N) is 1. The highest BCUT2D eigenvalue weighted by atomic mass is 19.1. The third kappa shape index (κ3) is 3.86. The monoisotopic (exact) mass is 427 g/mol. The van der Waals surface area contributed by atoms with Gasteiger partial charge in [-0.1, -0.05) is 18.2 Å². The zero-order valence-corrected chi connectivity index (χ0v) is 17.0. The minimum Gasteiger partial charge on any atom is -0.507 e. The summed E-state index contributed by atoms with van der Waals surface area (Å²) in [5, 5.41) is 11.1. The lowest BCUT2D eigenvalue weighted by molar-refractivity contribution is -0.140. The highest BCUT2D eigenvalue weighted by molar-refractivity contribution is 6.46. The Labute approximate surface area is 178 Å². The topological polar surface area (TPSA) is 85.3 Å². The fourth-order valence-electron chi connectivity index (χ4n) is 3.86. The predicted octanol–water partition coefficient (Wildman–Crippen LogP) is 3.06. The number of aliphatic hydroxyl groups excluding tert-OH is 1. The van der Waals surface area contributed by atoms with Gasteiger partial charge < -0.3 is 24.2 Å². The summed E-state index contributed by atoms with van der Waals surface area (Å²) in [6.07, 6.45) is 0.457. The molecule has 1 atom stereocenters. The van der Waals surface area contributed by atoms with Gasteiger partial charge >= 0.3 is 0 Å². The summed E-state index contributed by atoms with van der Waals surface area (Å²) in [7, 11) is 1.53. The Morgan fingerprint density at radius 2 is 1.90 bits per heavy atom. The van der Waals surface area contributed by atoms with Crippen LogP contribution in [0.1, 0.15) is 23.6 Å². The molecule has 0 aliphatic carbocycles. The Morgan fingerprint density at radius 1 is 1.16 bits per heavy atom. The predicted molar refractivity (Wildman–Crippen MR) is 109 cm³/mol. The van der Waals surface area contributed by atoms with E-state index in [1.165, 1.54) is 30.2 Å². The Balaban J connectivity index is 1.82. The van der Waals surface area contributed by atoms with Crippen molar-refractivity contribution in [3.63, 3.8) is 0 Å². The van der Waals surface area contributed by atoms with Crippen molar-refractivity contribution in [3.8, 4) is 11.5 Å². The molecule has 2 heterocycles. The molecular formula is C23H22FNO6. The zero-order chi connectivity index (χ0) is 22.0. The molecule has 0 aromatic heterocycles. The first-order valence-corrected chi connectivity index (χ1v) is 9.94. The molecule has 1 N–H and O–H groups in total. The summed E-state index contributed by atoms with van der Waals surface area (Å²) in [6, 6.07) is 9.60. The van der Waals surface area contributed by atoms with Gasteiger partial charge in [0.2, 0.25) is 0 Å². The lowest BCUT2D eigenvalue weighted by atomic mass is 9.94. The average Bonchev–Trinajstić information content (AvgIpc) is 3.03. The van der Waals surface area contributed by atoms with Crippen LogP contribution >= 0.6 is 0 Å². The number of hydrogen-bond acceptors (Lipinski definition) is 6. The van der Waals surface area contributed by atoms with Gasteiger partial charge in [-0.2, -0.15) is 0 Å². The molecule has 31 heavy (non-hydrogen) atoms. The lowest BCUT2D eigenvalue weighted by Gasteiger charge is -2.25. The van der Waals surface area contributed by atoms with Gasteiger partial charge in [0, 0.05) is 31.4 Å². The zero-order valence-electron chi connectivity index (χ0n) is 17.0. The van der Waals surface area contributed by atoms with Gasteiger partial charge in [0.1, 0.15) is 24.8 Å². The number of rotatable bonds is 6. The Morgan fingerprint density at radius 3 is 2.65 bits per heavy atom. The number of benzene rings is 2. The molecule has 2 aliphatic heterocycles. The summed E-state index contributed by atoms with van der Waals surface area (Å²) in [6.45, 7) is 1.32. The fourth-order valence-corrected chi connectivity index (χ4v) is 3.86. The first-order valence-electron chi connectivity index (χ1n) is 9.94. The number of amides is 1. The molecule has 7 nitrogen and oxygen atoms in total. The van der Waals surface area contributed by atoms with E-state index in [1.54, 1.807) is 24.3 Å². The second-order valence-corrected chi connectivity index (χ2v) is 7.22. The number of Topliss-reactive ketones (excluding diaryl/α,β-unsaturated/α-hetero) is 1. The SMILES string of the molecule is COCCCN1C(=O)C(=O)C(=C(O)c2ccc3c(c2)OCCO3)[C@@H]1c1ccccc1F. The Bertz CT molecular complexity index is 1050. The number of carbonyl (C=O) groups is 2. The van der Waals surface area contributed by atoms with Gasteiger partial charge in [0.15, 0.2) is 11.5 Å². The molecule has 0 saturated carbocycles. The minimum absolute atomic E-state index is 0.137. The molecule has 1 fully saturated rings. The van der Waals surface area contributed by atoms with Crippen molar-refractivity contribution < 1.29 is 33.3 Å². The van der Waals surface area contributed by atoms with Gasteiger partial charge in [-0.15, -0.1) is 0 Å². The quantitative estimate of drug-likeness (QED) is 0.330. The summed E-state index contributed by atoms with van der Waals surface area (Å²) in [4.78, 5) is 27.0. The maximum absolute atomic E-state index is 14.7. The van der Waals surface area contributed by atoms with Crippen LogP contribution in [-0.4, -0.2) is 55.2 Å². The highest BCUT2D eigenvalue weighted by Crippen LogP contribution is 2.41. The Hall–Kier alpha value is -3.39. The minimum atomic E-state index is -1.05. The fraction of sp³-hybridized carbons (Fsp3) is 0.304. The first kappa shape index (κ1) is 20.9. The van der Waals surface area contributed by atoms with Crippen molar-refractivity contribution >= 4 is 17.4 Å². The van der Waals surface area contributed by atoms with Gasteiger partial charge in [0.25, 0.3) is 11.7 Å². The lowest BCUT2D eigenvalue weighted by Crippen LogP contribution is -2.31. The van der Waals surface area contributed by atoms with E-state index in [4.69, 9.17) is 14.2 Å². The Kier molecular flexibility index (Phi) is 5.90. The van der Waals surface area contributed by atoms with Crippen LogP contribution in [0.3, 0.4) is 0 Å². The second kappa shape index (κ2) is 8.77. The number of carbonyl (C=O) groups excluding carboxylic acids is 2. The molecule has 0 bridgehead atoms. The van der Waals surface area contributed by atoms with E-state index in [1.807, 2.05) is 0 Å². The van der Waals surface area contributed by atoms with Crippen molar-refractivity contribution in [3.05, 3.63) is 65.0 Å². The van der Waals surface area contributed by atoms with E-state index in [-0.39, 0.29) is 23.2 Å². The van der Waals surface area contributed by atoms with E-state index < -0.39 is 29.3 Å². The van der Waals surface area contributed by atoms with Crippen LogP contribution in [-0.2, 0) is 14.3 Å². The first-order chi connectivity index (χ1) is 15.0. The molecule has 2 aliphatic rings. The molecule has 1 amide bonds. The van der Waals surface area contributed by atoms with Crippen LogP contribution in [0.25, 0.3) is 5.76 Å². The van der Waals surface area contributed by atoms with Crippen molar-refractivity contribution in [2.75, 3.05) is 33.5 Å². The number of halogens is 1. The molecular weight excluding hydrogens is 405 g/mol. The number of likely N-dealkylation sites (tertiary alicyclic amines) is 1. The van der Waals surface area contributed by atoms with E-state index in [9.17, 15) is 19.1 Å². The third-order valence-electron chi connectivity index (χ3n) is 5.30. The van der Waals surface area contributed by atoms with Gasteiger partial charge in [-0.3, -0.25) is 9.59 Å². The summed E-state index contributed by atoms with van der Waals surface area (Å²) in [5.41, 5.74) is 0.253. The number of fused-ring (bicyclic) bond motifs is 1. The van der Waals surface area contributed by atoms with Crippen LogP contribution in [0.2, 0.25) is 0 Å². The van der Waals surface area contributed by atoms with Crippen molar-refractivity contribution in [1.29, 1.82) is 0 Å². The number of aliphatic hydroxyl groups is 1. The third-order valence-corrected chi connectivity index (χ3v) is 5.30. The molecule has 8 heteroatoms. The number of ether oxygens (including phenoxy) is 3. The van der Waals surface area contributed by atoms with E-state index in [0.29, 0.717) is 37.7 Å². The van der Waals surface area contributed by atoms with Crippen molar-refractivity contribution in [2.45, 2.75) is 12.5 Å². The molecule has 162 valence electrons. The normalized spacial score (nSPS) is 19.7. The summed E-state index contributed by atoms with van der Waals surface area (Å²) < 4.78 is 30.8. The summed E-state index contributed by atoms with van der Waals surface area (Å²) in [5.74, 6) is -1.67. The standard InChI is InChI=1S/C23H22FNO6/c1-29-10-4-9-25-20(15-5-2-3-6-16(15)24)19(22(27)23(25)28)21(26)14-7-8-17-18(13-14)31-12-11-30-17/h2-3,5-8,13,20,26H,4,9-12H2,1H3/t20-/m0/s1. The van der Waals surface area contributed by atoms with Crippen LogP contribution in [0.15, 0.2) is 48.0 Å². The molecule has 1 saturated heterocycles. The number of hydrogen-bond donors (Lipinski definition) is 1. The molecule has 0 radical (unpaired) electrons. The average molecular weight is 427 g/mol. The van der Waals surface area contributed by atoms with Crippen molar-refractivity contribution in [2.24, 2.45) is 0 Å². The summed E-state index contributed by atoms with van der Waals surface area (Å²) >= 11 is 0.